The fourth-order valence-electron chi connectivity index (χ4n) is 2.23. The van der Waals surface area contributed by atoms with E-state index >= 15 is 0 Å². The van der Waals surface area contributed by atoms with Crippen LogP contribution in [0.2, 0.25) is 0 Å². The average Bonchev–Trinajstić information content (AvgIpc) is 2.70. The lowest BCUT2D eigenvalue weighted by molar-refractivity contribution is 0.0516. The second kappa shape index (κ2) is 3.98. The van der Waals surface area contributed by atoms with Crippen molar-refractivity contribution in [1.29, 1.82) is 0 Å². The molecule has 17 heavy (non-hydrogen) atoms. The van der Waals surface area contributed by atoms with Crippen LogP contribution in [0.25, 0.3) is 0 Å². The van der Waals surface area contributed by atoms with E-state index < -0.39 is 5.97 Å². The summed E-state index contributed by atoms with van der Waals surface area (Å²) in [4.78, 5) is 23.5. The van der Waals surface area contributed by atoms with E-state index in [-0.39, 0.29) is 16.9 Å². The molecule has 5 heteroatoms. The van der Waals surface area contributed by atoms with Crippen LogP contribution in [0.15, 0.2) is 0 Å². The molecule has 0 aromatic carbocycles. The second-order valence-electron chi connectivity index (χ2n) is 4.85. The molecule has 0 atom stereocenters. The number of esters is 1. The molecule has 0 bridgehead atoms. The van der Waals surface area contributed by atoms with Gasteiger partial charge in [0.15, 0.2) is 11.5 Å². The Hall–Kier alpha value is -1.65. The Bertz CT molecular complexity index is 474. The SMILES string of the molecule is CCOC(=O)c1n[nH]c2c1C(C)(C)CCC2=O. The second-order valence-corrected chi connectivity index (χ2v) is 4.85. The summed E-state index contributed by atoms with van der Waals surface area (Å²) in [5, 5.41) is 6.61. The highest BCUT2D eigenvalue weighted by Crippen LogP contribution is 2.37. The largest absolute Gasteiger partial charge is 0.461 e. The standard InChI is InChI=1S/C12H16N2O3/c1-4-17-11(16)10-8-9(13-14-10)7(15)5-6-12(8,2)3/h4-6H2,1-3H3,(H,13,14). The Labute approximate surface area is 99.5 Å². The maximum absolute atomic E-state index is 11.8. The molecule has 0 radical (unpaired) electrons. The monoisotopic (exact) mass is 236 g/mol. The molecule has 0 saturated carbocycles. The number of fused-ring (bicyclic) bond motifs is 1. The molecule has 1 aromatic heterocycles. The van der Waals surface area contributed by atoms with Gasteiger partial charge < -0.3 is 4.74 Å². The van der Waals surface area contributed by atoms with Crippen molar-refractivity contribution in [3.63, 3.8) is 0 Å². The molecular weight excluding hydrogens is 220 g/mol. The Balaban J connectivity index is 2.51. The fourth-order valence-corrected chi connectivity index (χ4v) is 2.23. The van der Waals surface area contributed by atoms with E-state index in [0.717, 1.165) is 6.42 Å². The van der Waals surface area contributed by atoms with Gasteiger partial charge in [0, 0.05) is 12.0 Å². The lowest BCUT2D eigenvalue weighted by atomic mass is 9.74. The first-order valence-corrected chi connectivity index (χ1v) is 5.76. The first-order valence-electron chi connectivity index (χ1n) is 5.76. The van der Waals surface area contributed by atoms with Gasteiger partial charge in [0.25, 0.3) is 0 Å². The number of aromatic nitrogens is 2. The van der Waals surface area contributed by atoms with Crippen LogP contribution >= 0.6 is 0 Å². The number of rotatable bonds is 2. The maximum atomic E-state index is 11.8. The highest BCUT2D eigenvalue weighted by molar-refractivity contribution is 6.01. The third-order valence-electron chi connectivity index (χ3n) is 3.17. The summed E-state index contributed by atoms with van der Waals surface area (Å²) in [7, 11) is 0. The number of nitrogens with one attached hydrogen (secondary N) is 1. The number of hydrogen-bond acceptors (Lipinski definition) is 4. The van der Waals surface area contributed by atoms with Crippen LogP contribution in [0.4, 0.5) is 0 Å². The molecule has 0 amide bonds. The number of aromatic amines is 1. The van der Waals surface area contributed by atoms with Crippen molar-refractivity contribution >= 4 is 11.8 Å². The van der Waals surface area contributed by atoms with E-state index in [0.29, 0.717) is 24.3 Å². The smallest absolute Gasteiger partial charge is 0.359 e. The van der Waals surface area contributed by atoms with Crippen LogP contribution in [0.3, 0.4) is 0 Å². The highest BCUT2D eigenvalue weighted by atomic mass is 16.5. The van der Waals surface area contributed by atoms with Crippen molar-refractivity contribution < 1.29 is 14.3 Å². The Morgan fingerprint density at radius 2 is 2.24 bits per heavy atom. The number of H-pyrrole nitrogens is 1. The molecule has 0 saturated heterocycles. The van der Waals surface area contributed by atoms with E-state index in [9.17, 15) is 9.59 Å². The summed E-state index contributed by atoms with van der Waals surface area (Å²) in [6.07, 6.45) is 1.22. The Morgan fingerprint density at radius 3 is 2.88 bits per heavy atom. The van der Waals surface area contributed by atoms with Crippen LogP contribution in [0.5, 0.6) is 0 Å². The lowest BCUT2D eigenvalue weighted by Crippen LogP contribution is -2.28. The molecule has 1 N–H and O–H groups in total. The molecule has 1 aromatic rings. The van der Waals surface area contributed by atoms with Gasteiger partial charge in [-0.25, -0.2) is 4.79 Å². The number of ether oxygens (including phenoxy) is 1. The summed E-state index contributed by atoms with van der Waals surface area (Å²) in [6, 6.07) is 0. The molecule has 1 aliphatic rings. The van der Waals surface area contributed by atoms with Crippen LogP contribution in [-0.4, -0.2) is 28.6 Å². The van der Waals surface area contributed by atoms with Gasteiger partial charge >= 0.3 is 5.97 Å². The predicted octanol–water partition coefficient (Wildman–Crippen LogP) is 1.84. The summed E-state index contributed by atoms with van der Waals surface area (Å²) in [5.41, 5.74) is 1.19. The van der Waals surface area contributed by atoms with E-state index in [4.69, 9.17) is 4.74 Å². The topological polar surface area (TPSA) is 72.0 Å². The number of Topliss-reactive ketones (excluding diaryl/α,β-unsaturated/α-hetero) is 1. The normalized spacial score (nSPS) is 17.7. The van der Waals surface area contributed by atoms with Gasteiger partial charge in [-0.05, 0) is 18.8 Å². The van der Waals surface area contributed by atoms with Crippen molar-refractivity contribution in [3.8, 4) is 0 Å². The number of carbonyl (C=O) groups is 2. The molecule has 92 valence electrons. The first-order chi connectivity index (χ1) is 7.97. The highest BCUT2D eigenvalue weighted by Gasteiger charge is 2.38. The Kier molecular flexibility index (Phi) is 2.77. The number of hydrogen-bond donors (Lipinski definition) is 1. The average molecular weight is 236 g/mol. The molecule has 0 spiro atoms. The lowest BCUT2D eigenvalue weighted by Gasteiger charge is -2.29. The molecule has 1 heterocycles. The number of nitrogens with zero attached hydrogens (tertiary/aromatic N) is 1. The minimum absolute atomic E-state index is 0.0161. The number of ketones is 1. The molecule has 0 unspecified atom stereocenters. The van der Waals surface area contributed by atoms with Gasteiger partial charge in [-0.2, -0.15) is 5.10 Å². The van der Waals surface area contributed by atoms with Crippen molar-refractivity contribution in [2.75, 3.05) is 6.61 Å². The van der Waals surface area contributed by atoms with Gasteiger partial charge in [0.05, 0.1) is 6.61 Å². The van der Waals surface area contributed by atoms with Gasteiger partial charge in [-0.3, -0.25) is 9.89 Å². The van der Waals surface area contributed by atoms with Gasteiger partial charge in [0.1, 0.15) is 5.69 Å². The fraction of sp³-hybridized carbons (Fsp3) is 0.583. The minimum Gasteiger partial charge on any atom is -0.461 e. The third-order valence-corrected chi connectivity index (χ3v) is 3.17. The maximum Gasteiger partial charge on any atom is 0.359 e. The van der Waals surface area contributed by atoms with Crippen LogP contribution < -0.4 is 0 Å². The molecule has 1 aliphatic carbocycles. The van der Waals surface area contributed by atoms with E-state index in [1.165, 1.54) is 0 Å². The molecule has 2 rings (SSSR count). The zero-order valence-corrected chi connectivity index (χ0v) is 10.3. The Morgan fingerprint density at radius 1 is 1.53 bits per heavy atom. The van der Waals surface area contributed by atoms with Crippen LogP contribution in [0, 0.1) is 0 Å². The molecule has 5 nitrogen and oxygen atoms in total. The zero-order valence-electron chi connectivity index (χ0n) is 10.3. The minimum atomic E-state index is -0.465. The number of carbonyl (C=O) groups excluding carboxylic acids is 2. The van der Waals surface area contributed by atoms with Crippen molar-refractivity contribution in [2.24, 2.45) is 0 Å². The van der Waals surface area contributed by atoms with Gasteiger partial charge in [-0.15, -0.1) is 0 Å². The van der Waals surface area contributed by atoms with Gasteiger partial charge in [-0.1, -0.05) is 13.8 Å². The zero-order chi connectivity index (χ0) is 12.6. The van der Waals surface area contributed by atoms with Crippen LogP contribution in [0.1, 0.15) is 60.2 Å². The predicted molar refractivity (Wildman–Crippen MR) is 61.1 cm³/mol. The van der Waals surface area contributed by atoms with Gasteiger partial charge in [0.2, 0.25) is 0 Å². The molecular formula is C12H16N2O3. The summed E-state index contributed by atoms with van der Waals surface area (Å²) >= 11 is 0. The quantitative estimate of drug-likeness (QED) is 0.795. The first kappa shape index (κ1) is 11.8. The van der Waals surface area contributed by atoms with Crippen molar-refractivity contribution in [2.45, 2.75) is 39.0 Å². The molecule has 0 aliphatic heterocycles. The van der Waals surface area contributed by atoms with E-state index in [2.05, 4.69) is 10.2 Å². The summed E-state index contributed by atoms with van der Waals surface area (Å²) in [6.45, 7) is 6.06. The van der Waals surface area contributed by atoms with Crippen molar-refractivity contribution in [1.82, 2.24) is 10.2 Å². The van der Waals surface area contributed by atoms with E-state index in [1.54, 1.807) is 6.92 Å². The molecule has 0 fully saturated rings. The van der Waals surface area contributed by atoms with E-state index in [1.807, 2.05) is 13.8 Å². The third kappa shape index (κ3) is 1.85. The van der Waals surface area contributed by atoms with Crippen molar-refractivity contribution in [3.05, 3.63) is 17.0 Å². The summed E-state index contributed by atoms with van der Waals surface area (Å²) in [5.74, 6) is -0.449. The van der Waals surface area contributed by atoms with Crippen LogP contribution in [-0.2, 0) is 10.2 Å². The summed E-state index contributed by atoms with van der Waals surface area (Å²) < 4.78 is 4.95.